The SMILES string of the molecule is CCN(Cc1cnc2ccccn12)C(=O)Cc1cccc2ccccc12. The first-order chi connectivity index (χ1) is 12.8. The van der Waals surface area contributed by atoms with Crippen molar-refractivity contribution in [3.8, 4) is 0 Å². The Bertz CT molecular complexity index is 1060. The van der Waals surface area contributed by atoms with Crippen LogP contribution in [0, 0.1) is 0 Å². The lowest BCUT2D eigenvalue weighted by Crippen LogP contribution is -2.32. The molecule has 4 rings (SSSR count). The van der Waals surface area contributed by atoms with E-state index in [1.807, 2.05) is 71.1 Å². The molecule has 0 aliphatic heterocycles. The molecule has 0 spiro atoms. The van der Waals surface area contributed by atoms with Crippen LogP contribution in [0.15, 0.2) is 73.1 Å². The fourth-order valence-corrected chi connectivity index (χ4v) is 3.40. The summed E-state index contributed by atoms with van der Waals surface area (Å²) in [4.78, 5) is 19.2. The molecule has 0 aliphatic carbocycles. The van der Waals surface area contributed by atoms with E-state index in [1.54, 1.807) is 0 Å². The number of likely N-dealkylation sites (N-methyl/N-ethyl adjacent to an activating group) is 1. The van der Waals surface area contributed by atoms with Crippen LogP contribution in [-0.4, -0.2) is 26.7 Å². The Morgan fingerprint density at radius 2 is 1.85 bits per heavy atom. The minimum absolute atomic E-state index is 0.134. The molecule has 0 aliphatic rings. The number of fused-ring (bicyclic) bond motifs is 2. The predicted octanol–water partition coefficient (Wildman–Crippen LogP) is 4.08. The Balaban J connectivity index is 1.57. The van der Waals surface area contributed by atoms with Gasteiger partial charge in [0.15, 0.2) is 0 Å². The second-order valence-corrected chi connectivity index (χ2v) is 6.40. The Morgan fingerprint density at radius 3 is 2.73 bits per heavy atom. The number of benzene rings is 2. The van der Waals surface area contributed by atoms with Crippen molar-refractivity contribution in [1.82, 2.24) is 14.3 Å². The second-order valence-electron chi connectivity index (χ2n) is 6.40. The third-order valence-electron chi connectivity index (χ3n) is 4.80. The van der Waals surface area contributed by atoms with Gasteiger partial charge in [-0.3, -0.25) is 4.79 Å². The summed E-state index contributed by atoms with van der Waals surface area (Å²) in [6, 6.07) is 20.3. The zero-order valence-corrected chi connectivity index (χ0v) is 14.8. The van der Waals surface area contributed by atoms with E-state index in [0.717, 1.165) is 22.3 Å². The van der Waals surface area contributed by atoms with Gasteiger partial charge >= 0.3 is 0 Å². The molecule has 0 saturated carbocycles. The minimum atomic E-state index is 0.134. The summed E-state index contributed by atoms with van der Waals surface area (Å²) in [5.41, 5.74) is 3.00. The smallest absolute Gasteiger partial charge is 0.227 e. The molecule has 0 unspecified atom stereocenters. The number of hydrogen-bond acceptors (Lipinski definition) is 2. The molecule has 130 valence electrons. The Hall–Kier alpha value is -3.14. The van der Waals surface area contributed by atoms with E-state index in [1.165, 1.54) is 5.39 Å². The van der Waals surface area contributed by atoms with Gasteiger partial charge in [-0.1, -0.05) is 48.5 Å². The first-order valence-corrected chi connectivity index (χ1v) is 8.91. The molecule has 0 saturated heterocycles. The lowest BCUT2D eigenvalue weighted by atomic mass is 10.0. The van der Waals surface area contributed by atoms with Gasteiger partial charge in [-0.15, -0.1) is 0 Å². The molecule has 4 nitrogen and oxygen atoms in total. The lowest BCUT2D eigenvalue weighted by Gasteiger charge is -2.21. The summed E-state index contributed by atoms with van der Waals surface area (Å²) in [5, 5.41) is 2.32. The van der Waals surface area contributed by atoms with Crippen LogP contribution in [-0.2, 0) is 17.8 Å². The van der Waals surface area contributed by atoms with Crippen molar-refractivity contribution < 1.29 is 4.79 Å². The van der Waals surface area contributed by atoms with Crippen LogP contribution < -0.4 is 0 Å². The topological polar surface area (TPSA) is 37.6 Å². The number of pyridine rings is 1. The number of nitrogens with zero attached hydrogens (tertiary/aromatic N) is 3. The molecule has 0 atom stereocenters. The van der Waals surface area contributed by atoms with Gasteiger partial charge in [0.25, 0.3) is 0 Å². The maximum absolute atomic E-state index is 12.9. The standard InChI is InChI=1S/C22H21N3O/c1-2-24(16-19-15-23-21-12-5-6-13-25(19)21)22(26)14-18-10-7-9-17-8-3-4-11-20(17)18/h3-13,15H,2,14,16H2,1H3. The third kappa shape index (κ3) is 3.06. The van der Waals surface area contributed by atoms with Crippen molar-refractivity contribution in [3.63, 3.8) is 0 Å². The van der Waals surface area contributed by atoms with Crippen molar-refractivity contribution in [2.75, 3.05) is 6.54 Å². The number of carbonyl (C=O) groups is 1. The van der Waals surface area contributed by atoms with Gasteiger partial charge in [0, 0.05) is 12.7 Å². The fraction of sp³-hybridized carbons (Fsp3) is 0.182. The van der Waals surface area contributed by atoms with Crippen LogP contribution >= 0.6 is 0 Å². The van der Waals surface area contributed by atoms with E-state index >= 15 is 0 Å². The fourth-order valence-electron chi connectivity index (χ4n) is 3.40. The molecule has 4 aromatic rings. The van der Waals surface area contributed by atoms with Crippen LogP contribution in [0.4, 0.5) is 0 Å². The Kier molecular flexibility index (Phi) is 4.40. The Morgan fingerprint density at radius 1 is 1.04 bits per heavy atom. The molecular formula is C22H21N3O. The lowest BCUT2D eigenvalue weighted by molar-refractivity contribution is -0.130. The van der Waals surface area contributed by atoms with Crippen LogP contribution in [0.2, 0.25) is 0 Å². The predicted molar refractivity (Wildman–Crippen MR) is 104 cm³/mol. The van der Waals surface area contributed by atoms with E-state index in [0.29, 0.717) is 19.5 Å². The number of amides is 1. The molecule has 0 radical (unpaired) electrons. The molecule has 1 amide bonds. The molecule has 2 aromatic carbocycles. The van der Waals surface area contributed by atoms with E-state index in [2.05, 4.69) is 23.2 Å². The highest BCUT2D eigenvalue weighted by molar-refractivity contribution is 5.90. The zero-order valence-electron chi connectivity index (χ0n) is 14.8. The van der Waals surface area contributed by atoms with Gasteiger partial charge in [0.1, 0.15) is 5.65 Å². The third-order valence-corrected chi connectivity index (χ3v) is 4.80. The summed E-state index contributed by atoms with van der Waals surface area (Å²) in [7, 11) is 0. The summed E-state index contributed by atoms with van der Waals surface area (Å²) in [6.07, 6.45) is 4.25. The van der Waals surface area contributed by atoms with Gasteiger partial charge < -0.3 is 9.30 Å². The largest absolute Gasteiger partial charge is 0.337 e. The summed E-state index contributed by atoms with van der Waals surface area (Å²) in [5.74, 6) is 0.134. The van der Waals surface area contributed by atoms with Crippen molar-refractivity contribution >= 4 is 22.3 Å². The minimum Gasteiger partial charge on any atom is -0.337 e. The number of hydrogen-bond donors (Lipinski definition) is 0. The summed E-state index contributed by atoms with van der Waals surface area (Å²) < 4.78 is 2.04. The van der Waals surface area contributed by atoms with Crippen LogP contribution in [0.3, 0.4) is 0 Å². The number of aromatic nitrogens is 2. The van der Waals surface area contributed by atoms with E-state index in [9.17, 15) is 4.79 Å². The number of imidazole rings is 1. The quantitative estimate of drug-likeness (QED) is 0.548. The van der Waals surface area contributed by atoms with Gasteiger partial charge in [-0.2, -0.15) is 0 Å². The van der Waals surface area contributed by atoms with Gasteiger partial charge in [0.05, 0.1) is 24.9 Å². The van der Waals surface area contributed by atoms with Crippen molar-refractivity contribution in [1.29, 1.82) is 0 Å². The van der Waals surface area contributed by atoms with Crippen molar-refractivity contribution in [3.05, 3.63) is 84.3 Å². The average molecular weight is 343 g/mol. The maximum atomic E-state index is 12.9. The highest BCUT2D eigenvalue weighted by Crippen LogP contribution is 2.20. The van der Waals surface area contributed by atoms with E-state index < -0.39 is 0 Å². The molecule has 2 aromatic heterocycles. The molecular weight excluding hydrogens is 322 g/mol. The van der Waals surface area contributed by atoms with Gasteiger partial charge in [-0.05, 0) is 35.4 Å². The second kappa shape index (κ2) is 7.00. The summed E-state index contributed by atoms with van der Waals surface area (Å²) >= 11 is 0. The zero-order chi connectivity index (χ0) is 17.9. The molecule has 0 bridgehead atoms. The highest BCUT2D eigenvalue weighted by atomic mass is 16.2. The summed E-state index contributed by atoms with van der Waals surface area (Å²) in [6.45, 7) is 3.25. The Labute approximate surface area is 152 Å². The van der Waals surface area contributed by atoms with Crippen molar-refractivity contribution in [2.45, 2.75) is 19.9 Å². The normalized spacial score (nSPS) is 11.1. The van der Waals surface area contributed by atoms with Gasteiger partial charge in [0.2, 0.25) is 5.91 Å². The number of carbonyl (C=O) groups excluding carboxylic acids is 1. The first-order valence-electron chi connectivity index (χ1n) is 8.91. The van der Waals surface area contributed by atoms with Gasteiger partial charge in [-0.25, -0.2) is 4.98 Å². The van der Waals surface area contributed by atoms with E-state index in [-0.39, 0.29) is 5.91 Å². The molecule has 26 heavy (non-hydrogen) atoms. The number of rotatable bonds is 5. The monoisotopic (exact) mass is 343 g/mol. The molecule has 2 heterocycles. The highest BCUT2D eigenvalue weighted by Gasteiger charge is 2.16. The maximum Gasteiger partial charge on any atom is 0.227 e. The molecule has 0 N–H and O–H groups in total. The van der Waals surface area contributed by atoms with Crippen LogP contribution in [0.1, 0.15) is 18.2 Å². The first kappa shape index (κ1) is 16.3. The molecule has 0 fully saturated rings. The van der Waals surface area contributed by atoms with Crippen LogP contribution in [0.25, 0.3) is 16.4 Å². The van der Waals surface area contributed by atoms with Crippen LogP contribution in [0.5, 0.6) is 0 Å². The van der Waals surface area contributed by atoms with E-state index in [4.69, 9.17) is 0 Å². The average Bonchev–Trinajstić information content (AvgIpc) is 3.09. The van der Waals surface area contributed by atoms with Crippen molar-refractivity contribution in [2.24, 2.45) is 0 Å². The molecule has 4 heteroatoms.